The second-order valence-electron chi connectivity index (χ2n) is 3.85. The van der Waals surface area contributed by atoms with Gasteiger partial charge in [0.05, 0.1) is 0 Å². The van der Waals surface area contributed by atoms with Crippen molar-refractivity contribution in [2.75, 3.05) is 11.9 Å². The lowest BCUT2D eigenvalue weighted by molar-refractivity contribution is 0.686. The van der Waals surface area contributed by atoms with E-state index < -0.39 is 0 Å². The van der Waals surface area contributed by atoms with E-state index in [4.69, 9.17) is 0 Å². The Bertz CT molecular complexity index is 337. The molecular weight excluding hydrogens is 254 g/mol. The zero-order valence-corrected chi connectivity index (χ0v) is 10.5. The van der Waals surface area contributed by atoms with Crippen LogP contribution in [0.3, 0.4) is 0 Å². The van der Waals surface area contributed by atoms with Crippen molar-refractivity contribution in [2.45, 2.75) is 32.4 Å². The highest BCUT2D eigenvalue weighted by molar-refractivity contribution is 9.10. The quantitative estimate of drug-likeness (QED) is 0.863. The molecule has 1 aliphatic rings. The minimum atomic E-state index is 0.735. The third-order valence-electron chi connectivity index (χ3n) is 2.44. The average Bonchev–Trinajstić information content (AvgIpc) is 3.02. The van der Waals surface area contributed by atoms with Crippen LogP contribution in [0.25, 0.3) is 0 Å². The summed E-state index contributed by atoms with van der Waals surface area (Å²) in [5.41, 5.74) is 1.23. The number of aromatic nitrogens is 1. The monoisotopic (exact) mass is 269 g/mol. The summed E-state index contributed by atoms with van der Waals surface area (Å²) in [5, 5.41) is 6.77. The van der Waals surface area contributed by atoms with Gasteiger partial charge in [-0.15, -0.1) is 0 Å². The second kappa shape index (κ2) is 4.94. The summed E-state index contributed by atoms with van der Waals surface area (Å²) in [7, 11) is 0. The summed E-state index contributed by atoms with van der Waals surface area (Å²) >= 11 is 3.45. The molecule has 4 heteroatoms. The summed E-state index contributed by atoms with van der Waals surface area (Å²) in [6.45, 7) is 3.90. The van der Waals surface area contributed by atoms with E-state index in [2.05, 4.69) is 44.5 Å². The predicted octanol–water partition coefficient (Wildman–Crippen LogP) is 2.53. The molecule has 0 unspecified atom stereocenters. The van der Waals surface area contributed by atoms with E-state index in [0.717, 1.165) is 29.4 Å². The Morgan fingerprint density at radius 2 is 2.33 bits per heavy atom. The fourth-order valence-corrected chi connectivity index (χ4v) is 1.86. The lowest BCUT2D eigenvalue weighted by Crippen LogP contribution is -2.17. The Balaban J connectivity index is 2.05. The van der Waals surface area contributed by atoms with Crippen molar-refractivity contribution in [3.8, 4) is 0 Å². The molecule has 1 fully saturated rings. The van der Waals surface area contributed by atoms with Crippen molar-refractivity contribution < 1.29 is 0 Å². The normalized spacial score (nSPS) is 15.3. The first-order valence-electron chi connectivity index (χ1n) is 5.41. The first kappa shape index (κ1) is 10.9. The number of halogens is 1. The standard InChI is InChI=1S/C11H16BrN3/c1-2-13-11-8(5-9(12)7-15-11)6-14-10-3-4-10/h5,7,10,14H,2-4,6H2,1H3,(H,13,15). The zero-order chi connectivity index (χ0) is 10.7. The van der Waals surface area contributed by atoms with E-state index in [1.165, 1.54) is 18.4 Å². The summed E-state index contributed by atoms with van der Waals surface area (Å²) in [4.78, 5) is 4.37. The van der Waals surface area contributed by atoms with Crippen LogP contribution in [-0.2, 0) is 6.54 Å². The highest BCUT2D eigenvalue weighted by Crippen LogP contribution is 2.22. The first-order valence-corrected chi connectivity index (χ1v) is 6.20. The zero-order valence-electron chi connectivity index (χ0n) is 8.89. The molecule has 0 amide bonds. The maximum Gasteiger partial charge on any atom is 0.130 e. The van der Waals surface area contributed by atoms with Crippen LogP contribution in [0.5, 0.6) is 0 Å². The largest absolute Gasteiger partial charge is 0.370 e. The first-order chi connectivity index (χ1) is 7.29. The predicted molar refractivity (Wildman–Crippen MR) is 66.0 cm³/mol. The van der Waals surface area contributed by atoms with Crippen LogP contribution in [0.15, 0.2) is 16.7 Å². The number of nitrogens with zero attached hydrogens (tertiary/aromatic N) is 1. The summed E-state index contributed by atoms with van der Waals surface area (Å²) < 4.78 is 1.04. The second-order valence-corrected chi connectivity index (χ2v) is 4.76. The summed E-state index contributed by atoms with van der Waals surface area (Å²) in [5.74, 6) is 0.994. The van der Waals surface area contributed by atoms with Gasteiger partial charge in [-0.1, -0.05) is 0 Å². The maximum absolute atomic E-state index is 4.37. The van der Waals surface area contributed by atoms with Crippen LogP contribution < -0.4 is 10.6 Å². The Morgan fingerprint density at radius 3 is 3.00 bits per heavy atom. The van der Waals surface area contributed by atoms with Crippen molar-refractivity contribution in [3.05, 3.63) is 22.3 Å². The number of rotatable bonds is 5. The molecule has 1 heterocycles. The molecule has 1 aromatic rings. The lowest BCUT2D eigenvalue weighted by atomic mass is 10.2. The van der Waals surface area contributed by atoms with E-state index in [0.29, 0.717) is 0 Å². The fraction of sp³-hybridized carbons (Fsp3) is 0.545. The molecule has 0 aromatic carbocycles. The Hall–Kier alpha value is -0.610. The van der Waals surface area contributed by atoms with Gasteiger partial charge < -0.3 is 10.6 Å². The Kier molecular flexibility index (Phi) is 3.59. The van der Waals surface area contributed by atoms with Crippen LogP contribution >= 0.6 is 15.9 Å². The number of nitrogens with one attached hydrogen (secondary N) is 2. The summed E-state index contributed by atoms with van der Waals surface area (Å²) in [6, 6.07) is 2.86. The molecule has 1 aromatic heterocycles. The van der Waals surface area contributed by atoms with Gasteiger partial charge in [-0.05, 0) is 41.8 Å². The van der Waals surface area contributed by atoms with E-state index in [9.17, 15) is 0 Å². The molecule has 0 spiro atoms. The third kappa shape index (κ3) is 3.18. The van der Waals surface area contributed by atoms with Gasteiger partial charge in [0.25, 0.3) is 0 Å². The van der Waals surface area contributed by atoms with E-state index >= 15 is 0 Å². The average molecular weight is 270 g/mol. The molecule has 0 atom stereocenters. The number of hydrogen-bond donors (Lipinski definition) is 2. The molecule has 1 aliphatic carbocycles. The smallest absolute Gasteiger partial charge is 0.130 e. The Labute approximate surface area is 98.8 Å². The van der Waals surface area contributed by atoms with Crippen LogP contribution in [0.1, 0.15) is 25.3 Å². The fourth-order valence-electron chi connectivity index (χ4n) is 1.48. The minimum Gasteiger partial charge on any atom is -0.370 e. The molecule has 15 heavy (non-hydrogen) atoms. The van der Waals surface area contributed by atoms with E-state index in [-0.39, 0.29) is 0 Å². The van der Waals surface area contributed by atoms with Crippen LogP contribution in [-0.4, -0.2) is 17.6 Å². The van der Waals surface area contributed by atoms with Crippen molar-refractivity contribution in [3.63, 3.8) is 0 Å². The van der Waals surface area contributed by atoms with Gasteiger partial charge in [-0.3, -0.25) is 0 Å². The molecule has 0 aliphatic heterocycles. The minimum absolute atomic E-state index is 0.735. The van der Waals surface area contributed by atoms with Crippen molar-refractivity contribution in [1.29, 1.82) is 0 Å². The molecule has 2 N–H and O–H groups in total. The number of pyridine rings is 1. The van der Waals surface area contributed by atoms with E-state index in [1.54, 1.807) is 0 Å². The van der Waals surface area contributed by atoms with Crippen LogP contribution in [0.4, 0.5) is 5.82 Å². The van der Waals surface area contributed by atoms with Gasteiger partial charge in [0.2, 0.25) is 0 Å². The molecule has 1 saturated carbocycles. The van der Waals surface area contributed by atoms with Crippen LogP contribution in [0, 0.1) is 0 Å². The van der Waals surface area contributed by atoms with Gasteiger partial charge in [-0.2, -0.15) is 0 Å². The number of hydrogen-bond acceptors (Lipinski definition) is 3. The molecular formula is C11H16BrN3. The van der Waals surface area contributed by atoms with Crippen molar-refractivity contribution in [2.24, 2.45) is 0 Å². The molecule has 82 valence electrons. The van der Waals surface area contributed by atoms with Gasteiger partial charge in [-0.25, -0.2) is 4.98 Å². The van der Waals surface area contributed by atoms with Gasteiger partial charge in [0, 0.05) is 35.4 Å². The van der Waals surface area contributed by atoms with E-state index in [1.807, 2.05) is 6.20 Å². The third-order valence-corrected chi connectivity index (χ3v) is 2.87. The molecule has 0 radical (unpaired) electrons. The topological polar surface area (TPSA) is 37.0 Å². The van der Waals surface area contributed by atoms with Crippen molar-refractivity contribution in [1.82, 2.24) is 10.3 Å². The lowest BCUT2D eigenvalue weighted by Gasteiger charge is -2.10. The van der Waals surface area contributed by atoms with Gasteiger partial charge in [0.1, 0.15) is 5.82 Å². The maximum atomic E-state index is 4.37. The highest BCUT2D eigenvalue weighted by Gasteiger charge is 2.20. The van der Waals surface area contributed by atoms with Crippen LogP contribution in [0.2, 0.25) is 0 Å². The van der Waals surface area contributed by atoms with Crippen molar-refractivity contribution >= 4 is 21.7 Å². The molecule has 2 rings (SSSR count). The molecule has 0 saturated heterocycles. The summed E-state index contributed by atoms with van der Waals surface area (Å²) in [6.07, 6.45) is 4.47. The molecule has 0 bridgehead atoms. The van der Waals surface area contributed by atoms with Gasteiger partial charge in [0.15, 0.2) is 0 Å². The number of anilines is 1. The SMILES string of the molecule is CCNc1ncc(Br)cc1CNC1CC1. The van der Waals surface area contributed by atoms with Gasteiger partial charge >= 0.3 is 0 Å². The highest BCUT2D eigenvalue weighted by atomic mass is 79.9. The Morgan fingerprint density at radius 1 is 1.53 bits per heavy atom. The molecule has 3 nitrogen and oxygen atoms in total.